The monoisotopic (exact) mass is 295 g/mol. The third kappa shape index (κ3) is 6.77. The molecule has 0 atom stereocenters. The Hall–Kier alpha value is -2.05. The van der Waals surface area contributed by atoms with Crippen molar-refractivity contribution in [3.8, 4) is 0 Å². The molecule has 0 spiro atoms. The molecule has 7 nitrogen and oxygen atoms in total. The van der Waals surface area contributed by atoms with Crippen LogP contribution in [0.3, 0.4) is 0 Å². The van der Waals surface area contributed by atoms with Crippen LogP contribution in [0.1, 0.15) is 12.0 Å². The van der Waals surface area contributed by atoms with E-state index in [9.17, 15) is 13.2 Å². The van der Waals surface area contributed by atoms with Gasteiger partial charge in [-0.1, -0.05) is 35.4 Å². The first kappa shape index (κ1) is 16.0. The average molecular weight is 295 g/mol. The lowest BCUT2D eigenvalue weighted by Crippen LogP contribution is -2.33. The third-order valence-electron chi connectivity index (χ3n) is 2.36. The van der Waals surface area contributed by atoms with E-state index in [2.05, 4.69) is 10.0 Å². The van der Waals surface area contributed by atoms with E-state index in [0.29, 0.717) is 6.42 Å². The highest BCUT2D eigenvalue weighted by atomic mass is 32.2. The Balaban J connectivity index is 2.35. The van der Waals surface area contributed by atoms with Gasteiger partial charge in [0, 0.05) is 11.5 Å². The second-order valence-corrected chi connectivity index (χ2v) is 5.83. The molecule has 1 rings (SSSR count). The molecule has 0 unspecified atom stereocenters. The maximum atomic E-state index is 11.5. The molecule has 20 heavy (non-hydrogen) atoms. The van der Waals surface area contributed by atoms with Crippen molar-refractivity contribution >= 4 is 15.9 Å². The molecule has 1 radical (unpaired) electrons. The molecule has 0 fully saturated rings. The van der Waals surface area contributed by atoms with Gasteiger partial charge < -0.3 is 0 Å². The first-order valence-corrected chi connectivity index (χ1v) is 7.61. The van der Waals surface area contributed by atoms with Crippen LogP contribution in [0.4, 0.5) is 0 Å². The molecule has 0 saturated carbocycles. The normalized spacial score (nSPS) is 10.6. The third-order valence-corrected chi connectivity index (χ3v) is 3.69. The number of carbonyl (C=O) groups is 1. The van der Waals surface area contributed by atoms with Crippen LogP contribution >= 0.6 is 0 Å². The van der Waals surface area contributed by atoms with Gasteiger partial charge in [0.1, 0.15) is 0 Å². The van der Waals surface area contributed by atoms with Crippen molar-refractivity contribution in [1.82, 2.24) is 4.72 Å². The SMILES string of the molecule is [N-]=[N+]=NCCCS(=O)(=O)NC(=O)[CH]Cc1ccccc1. The lowest BCUT2D eigenvalue weighted by molar-refractivity contribution is -0.116. The molecule has 0 aromatic heterocycles. The molecule has 8 heteroatoms. The van der Waals surface area contributed by atoms with Crippen LogP contribution in [0.15, 0.2) is 35.4 Å². The standard InChI is InChI=1S/C12H15N4O3S/c13-16-14-9-4-10-20(18,19)15-12(17)8-7-11-5-2-1-3-6-11/h1-3,5-6,8H,4,7,9-10H2,(H,15,17). The van der Waals surface area contributed by atoms with E-state index in [0.717, 1.165) is 5.56 Å². The van der Waals surface area contributed by atoms with E-state index in [-0.39, 0.29) is 18.7 Å². The van der Waals surface area contributed by atoms with Crippen LogP contribution in [0.25, 0.3) is 10.4 Å². The van der Waals surface area contributed by atoms with Crippen LogP contribution in [-0.2, 0) is 21.2 Å². The topological polar surface area (TPSA) is 112 Å². The number of nitrogens with zero attached hydrogens (tertiary/aromatic N) is 3. The summed E-state index contributed by atoms with van der Waals surface area (Å²) in [7, 11) is -3.68. The summed E-state index contributed by atoms with van der Waals surface area (Å²) in [6.07, 6.45) is 1.81. The Morgan fingerprint density at radius 3 is 2.70 bits per heavy atom. The van der Waals surface area contributed by atoms with Crippen molar-refractivity contribution in [2.24, 2.45) is 5.11 Å². The van der Waals surface area contributed by atoms with E-state index in [1.165, 1.54) is 6.42 Å². The van der Waals surface area contributed by atoms with Crippen LogP contribution in [0.2, 0.25) is 0 Å². The minimum atomic E-state index is -3.68. The number of azide groups is 1. The molecule has 0 aliphatic carbocycles. The highest BCUT2D eigenvalue weighted by Crippen LogP contribution is 2.02. The zero-order valence-corrected chi connectivity index (χ0v) is 11.6. The molecule has 0 saturated heterocycles. The van der Waals surface area contributed by atoms with Gasteiger partial charge in [0.05, 0.1) is 12.2 Å². The summed E-state index contributed by atoms with van der Waals surface area (Å²) >= 11 is 0. The second-order valence-electron chi connectivity index (χ2n) is 3.99. The van der Waals surface area contributed by atoms with Gasteiger partial charge in [-0.2, -0.15) is 0 Å². The van der Waals surface area contributed by atoms with Crippen molar-refractivity contribution in [2.45, 2.75) is 12.8 Å². The summed E-state index contributed by atoms with van der Waals surface area (Å²) in [5, 5.41) is 3.23. The highest BCUT2D eigenvalue weighted by Gasteiger charge is 2.14. The smallest absolute Gasteiger partial charge is 0.237 e. The molecule has 0 aliphatic heterocycles. The summed E-state index contributed by atoms with van der Waals surface area (Å²) in [5.41, 5.74) is 8.97. The van der Waals surface area contributed by atoms with Gasteiger partial charge in [0.2, 0.25) is 15.9 Å². The molecule has 107 valence electrons. The van der Waals surface area contributed by atoms with E-state index in [1.807, 2.05) is 35.1 Å². The van der Waals surface area contributed by atoms with E-state index >= 15 is 0 Å². The fraction of sp³-hybridized carbons (Fsp3) is 0.333. The lowest BCUT2D eigenvalue weighted by Gasteiger charge is -2.05. The first-order valence-electron chi connectivity index (χ1n) is 5.96. The minimum absolute atomic E-state index is 0.0827. The van der Waals surface area contributed by atoms with Crippen molar-refractivity contribution in [3.63, 3.8) is 0 Å². The highest BCUT2D eigenvalue weighted by molar-refractivity contribution is 7.90. The Bertz CT molecular complexity index is 580. The van der Waals surface area contributed by atoms with Crippen LogP contribution in [0.5, 0.6) is 0 Å². The van der Waals surface area contributed by atoms with Gasteiger partial charge in [-0.15, -0.1) is 0 Å². The molecule has 0 bridgehead atoms. The minimum Gasteiger partial charge on any atom is -0.274 e. The van der Waals surface area contributed by atoms with Gasteiger partial charge in [0.15, 0.2) is 0 Å². The zero-order valence-electron chi connectivity index (χ0n) is 10.8. The summed E-state index contributed by atoms with van der Waals surface area (Å²) < 4.78 is 25.0. The Morgan fingerprint density at radius 1 is 1.35 bits per heavy atom. The summed E-state index contributed by atoms with van der Waals surface area (Å²) in [6, 6.07) is 9.23. The maximum Gasteiger partial charge on any atom is 0.237 e. The number of amides is 1. The van der Waals surface area contributed by atoms with Crippen LogP contribution < -0.4 is 4.72 Å². The fourth-order valence-corrected chi connectivity index (χ4v) is 2.44. The maximum absolute atomic E-state index is 11.5. The summed E-state index contributed by atoms with van der Waals surface area (Å²) in [5.74, 6) is -0.908. The molecule has 1 N–H and O–H groups in total. The number of sulfonamides is 1. The summed E-state index contributed by atoms with van der Waals surface area (Å²) in [6.45, 7) is 0.0827. The predicted molar refractivity (Wildman–Crippen MR) is 75.0 cm³/mol. The average Bonchev–Trinajstić information content (AvgIpc) is 2.42. The molecule has 1 amide bonds. The Labute approximate surface area is 117 Å². The number of benzene rings is 1. The second kappa shape index (κ2) is 8.19. The van der Waals surface area contributed by atoms with E-state index in [1.54, 1.807) is 0 Å². The molecule has 0 heterocycles. The Kier molecular flexibility index (Phi) is 6.55. The number of hydrogen-bond acceptors (Lipinski definition) is 4. The molecule has 1 aromatic carbocycles. The summed E-state index contributed by atoms with van der Waals surface area (Å²) in [4.78, 5) is 14.0. The van der Waals surface area contributed by atoms with Gasteiger partial charge in [-0.05, 0) is 23.9 Å². The zero-order chi connectivity index (χ0) is 14.8. The molecule has 1 aromatic rings. The van der Waals surface area contributed by atoms with Gasteiger partial charge in [0.25, 0.3) is 0 Å². The van der Waals surface area contributed by atoms with Crippen LogP contribution in [0, 0.1) is 6.42 Å². The predicted octanol–water partition coefficient (Wildman–Crippen LogP) is 1.58. The lowest BCUT2D eigenvalue weighted by atomic mass is 10.1. The molecular weight excluding hydrogens is 280 g/mol. The quantitative estimate of drug-likeness (QED) is 0.340. The van der Waals surface area contributed by atoms with Gasteiger partial charge in [-0.25, -0.2) is 8.42 Å². The number of rotatable bonds is 8. The Morgan fingerprint density at radius 2 is 2.05 bits per heavy atom. The largest absolute Gasteiger partial charge is 0.274 e. The van der Waals surface area contributed by atoms with E-state index < -0.39 is 15.9 Å². The van der Waals surface area contributed by atoms with Crippen LogP contribution in [-0.4, -0.2) is 26.6 Å². The van der Waals surface area contributed by atoms with Crippen molar-refractivity contribution in [3.05, 3.63) is 52.8 Å². The fourth-order valence-electron chi connectivity index (χ4n) is 1.44. The van der Waals surface area contributed by atoms with Crippen molar-refractivity contribution in [1.29, 1.82) is 0 Å². The molecule has 0 aliphatic rings. The van der Waals surface area contributed by atoms with Gasteiger partial charge in [-0.3, -0.25) is 9.52 Å². The van der Waals surface area contributed by atoms with E-state index in [4.69, 9.17) is 5.53 Å². The van der Waals surface area contributed by atoms with Crippen molar-refractivity contribution in [2.75, 3.05) is 12.3 Å². The number of hydrogen-bond donors (Lipinski definition) is 1. The first-order chi connectivity index (χ1) is 9.53. The van der Waals surface area contributed by atoms with Gasteiger partial charge >= 0.3 is 0 Å². The molecular formula is C12H15N4O3S. The number of nitrogens with one attached hydrogen (secondary N) is 1. The number of carbonyl (C=O) groups excluding carboxylic acids is 1. The van der Waals surface area contributed by atoms with Crippen molar-refractivity contribution < 1.29 is 13.2 Å².